The third-order valence-electron chi connectivity index (χ3n) is 3.88. The van der Waals surface area contributed by atoms with Crippen LogP contribution in [0.5, 0.6) is 0 Å². The number of carbonyl (C=O) groups excluding carboxylic acids is 1. The summed E-state index contributed by atoms with van der Waals surface area (Å²) in [5.41, 5.74) is -1.71. The largest absolute Gasteiger partial charge is 0.465 e. The van der Waals surface area contributed by atoms with Gasteiger partial charge in [-0.1, -0.05) is 13.3 Å². The molecule has 0 spiro atoms. The summed E-state index contributed by atoms with van der Waals surface area (Å²) in [6.45, 7) is 7.73. The van der Waals surface area contributed by atoms with Gasteiger partial charge in [0.25, 0.3) is 0 Å². The second-order valence-corrected chi connectivity index (χ2v) is 5.06. The number of rotatable bonds is 3. The number of ether oxygens (including phenoxy) is 1. The van der Waals surface area contributed by atoms with Crippen molar-refractivity contribution >= 4 is 5.97 Å². The molecule has 3 nitrogen and oxygen atoms in total. The minimum absolute atomic E-state index is 0.164. The van der Waals surface area contributed by atoms with E-state index in [1.807, 2.05) is 6.92 Å². The Hall–Kier alpha value is -0.570. The maximum atomic E-state index is 11.8. The first-order valence-electron chi connectivity index (χ1n) is 5.76. The van der Waals surface area contributed by atoms with Crippen LogP contribution in [0.4, 0.5) is 0 Å². The zero-order chi connectivity index (χ0) is 11.7. The Kier molecular flexibility index (Phi) is 3.44. The van der Waals surface area contributed by atoms with Crippen LogP contribution in [0.3, 0.4) is 0 Å². The molecule has 1 saturated carbocycles. The van der Waals surface area contributed by atoms with Crippen LogP contribution in [-0.4, -0.2) is 23.3 Å². The number of carbonyl (C=O) groups is 1. The molecule has 0 aromatic carbocycles. The summed E-state index contributed by atoms with van der Waals surface area (Å²) in [4.78, 5) is 11.8. The Morgan fingerprint density at radius 2 is 2.20 bits per heavy atom. The van der Waals surface area contributed by atoms with Gasteiger partial charge in [0, 0.05) is 0 Å². The second-order valence-electron chi connectivity index (χ2n) is 5.06. The van der Waals surface area contributed by atoms with Gasteiger partial charge in [0.2, 0.25) is 0 Å². The van der Waals surface area contributed by atoms with Gasteiger partial charge in [-0.3, -0.25) is 4.79 Å². The molecule has 1 fully saturated rings. The number of hydrogen-bond acceptors (Lipinski definition) is 3. The SMILES string of the molecule is CCOC(=O)C(C)(C)C1(O)CCCC1C. The molecule has 1 N–H and O–H groups in total. The van der Waals surface area contributed by atoms with E-state index in [9.17, 15) is 9.90 Å². The second kappa shape index (κ2) is 4.12. The van der Waals surface area contributed by atoms with E-state index in [0.29, 0.717) is 13.0 Å². The van der Waals surface area contributed by atoms with E-state index in [0.717, 1.165) is 12.8 Å². The lowest BCUT2D eigenvalue weighted by atomic mass is 9.69. The Bertz CT molecular complexity index is 247. The molecule has 0 saturated heterocycles. The molecule has 1 aliphatic carbocycles. The molecule has 0 aromatic rings. The van der Waals surface area contributed by atoms with Crippen molar-refractivity contribution in [1.82, 2.24) is 0 Å². The molecule has 1 rings (SSSR count). The van der Waals surface area contributed by atoms with Crippen molar-refractivity contribution in [1.29, 1.82) is 0 Å². The number of esters is 1. The molecule has 0 heterocycles. The molecule has 15 heavy (non-hydrogen) atoms. The lowest BCUT2D eigenvalue weighted by Crippen LogP contribution is -2.52. The smallest absolute Gasteiger partial charge is 0.314 e. The maximum absolute atomic E-state index is 11.8. The zero-order valence-corrected chi connectivity index (χ0v) is 10.2. The third-order valence-corrected chi connectivity index (χ3v) is 3.88. The minimum atomic E-state index is -0.904. The molecule has 0 bridgehead atoms. The fraction of sp³-hybridized carbons (Fsp3) is 0.917. The Morgan fingerprint density at radius 3 is 2.60 bits per heavy atom. The first kappa shape index (κ1) is 12.5. The lowest BCUT2D eigenvalue weighted by molar-refractivity contribution is -0.175. The van der Waals surface area contributed by atoms with Gasteiger partial charge in [-0.2, -0.15) is 0 Å². The fourth-order valence-corrected chi connectivity index (χ4v) is 2.58. The number of aliphatic hydroxyl groups is 1. The quantitative estimate of drug-likeness (QED) is 0.732. The zero-order valence-electron chi connectivity index (χ0n) is 10.2. The summed E-state index contributed by atoms with van der Waals surface area (Å²) in [6.07, 6.45) is 2.67. The van der Waals surface area contributed by atoms with Gasteiger partial charge in [0.05, 0.1) is 17.6 Å². The topological polar surface area (TPSA) is 46.5 Å². The molecular formula is C12H22O3. The maximum Gasteiger partial charge on any atom is 0.314 e. The molecular weight excluding hydrogens is 192 g/mol. The lowest BCUT2D eigenvalue weighted by Gasteiger charge is -2.41. The molecule has 3 heteroatoms. The summed E-state index contributed by atoms with van der Waals surface area (Å²) in [6, 6.07) is 0. The van der Waals surface area contributed by atoms with Crippen LogP contribution >= 0.6 is 0 Å². The summed E-state index contributed by atoms with van der Waals surface area (Å²) in [7, 11) is 0. The average Bonchev–Trinajstić information content (AvgIpc) is 2.49. The highest BCUT2D eigenvalue weighted by atomic mass is 16.5. The van der Waals surface area contributed by atoms with Crippen molar-refractivity contribution in [2.24, 2.45) is 11.3 Å². The van der Waals surface area contributed by atoms with Crippen LogP contribution in [0.2, 0.25) is 0 Å². The summed E-state index contributed by atoms with van der Waals surface area (Å²) in [5.74, 6) is -0.127. The minimum Gasteiger partial charge on any atom is -0.465 e. The van der Waals surface area contributed by atoms with Gasteiger partial charge >= 0.3 is 5.97 Å². The van der Waals surface area contributed by atoms with Crippen molar-refractivity contribution in [2.45, 2.75) is 52.6 Å². The van der Waals surface area contributed by atoms with E-state index in [-0.39, 0.29) is 11.9 Å². The van der Waals surface area contributed by atoms with Gasteiger partial charge in [0.1, 0.15) is 0 Å². The Balaban J connectivity index is 2.88. The normalized spacial score (nSPS) is 31.7. The highest BCUT2D eigenvalue weighted by Gasteiger charge is 2.54. The van der Waals surface area contributed by atoms with Crippen LogP contribution in [-0.2, 0) is 9.53 Å². The van der Waals surface area contributed by atoms with E-state index >= 15 is 0 Å². The predicted molar refractivity (Wildman–Crippen MR) is 58.4 cm³/mol. The van der Waals surface area contributed by atoms with Gasteiger partial charge in [-0.05, 0) is 39.5 Å². The fourth-order valence-electron chi connectivity index (χ4n) is 2.58. The Morgan fingerprint density at radius 1 is 1.60 bits per heavy atom. The van der Waals surface area contributed by atoms with Gasteiger partial charge < -0.3 is 9.84 Å². The highest BCUT2D eigenvalue weighted by molar-refractivity contribution is 5.77. The molecule has 88 valence electrons. The van der Waals surface area contributed by atoms with Crippen molar-refractivity contribution in [3.05, 3.63) is 0 Å². The van der Waals surface area contributed by atoms with Crippen LogP contribution in [0.1, 0.15) is 47.0 Å². The first-order chi connectivity index (χ1) is 6.86. The highest BCUT2D eigenvalue weighted by Crippen LogP contribution is 2.47. The van der Waals surface area contributed by atoms with Crippen molar-refractivity contribution in [2.75, 3.05) is 6.61 Å². The van der Waals surface area contributed by atoms with Crippen molar-refractivity contribution < 1.29 is 14.6 Å². The van der Waals surface area contributed by atoms with Gasteiger partial charge in [-0.15, -0.1) is 0 Å². The summed E-state index contributed by atoms with van der Waals surface area (Å²) >= 11 is 0. The van der Waals surface area contributed by atoms with Crippen LogP contribution < -0.4 is 0 Å². The molecule has 0 aromatic heterocycles. The molecule has 1 aliphatic rings. The molecule has 0 aliphatic heterocycles. The van der Waals surface area contributed by atoms with Crippen LogP contribution in [0, 0.1) is 11.3 Å². The van der Waals surface area contributed by atoms with Crippen LogP contribution in [0.15, 0.2) is 0 Å². The monoisotopic (exact) mass is 214 g/mol. The van der Waals surface area contributed by atoms with E-state index in [1.54, 1.807) is 20.8 Å². The molecule has 0 radical (unpaired) electrons. The predicted octanol–water partition coefficient (Wildman–Crippen LogP) is 2.13. The van der Waals surface area contributed by atoms with Gasteiger partial charge in [0.15, 0.2) is 0 Å². The van der Waals surface area contributed by atoms with E-state index in [1.165, 1.54) is 0 Å². The van der Waals surface area contributed by atoms with Crippen molar-refractivity contribution in [3.63, 3.8) is 0 Å². The number of hydrogen-bond donors (Lipinski definition) is 1. The first-order valence-corrected chi connectivity index (χ1v) is 5.76. The van der Waals surface area contributed by atoms with Gasteiger partial charge in [-0.25, -0.2) is 0 Å². The van der Waals surface area contributed by atoms with Crippen LogP contribution in [0.25, 0.3) is 0 Å². The average molecular weight is 214 g/mol. The summed E-state index contributed by atoms with van der Waals surface area (Å²) < 4.78 is 5.03. The molecule has 2 atom stereocenters. The van der Waals surface area contributed by atoms with E-state index in [2.05, 4.69) is 0 Å². The standard InChI is InChI=1S/C12H22O3/c1-5-15-10(13)11(3,4)12(14)8-6-7-9(12)2/h9,14H,5-8H2,1-4H3. The molecule has 2 unspecified atom stereocenters. The van der Waals surface area contributed by atoms with Crippen molar-refractivity contribution in [3.8, 4) is 0 Å². The molecule has 0 amide bonds. The summed E-state index contributed by atoms with van der Waals surface area (Å²) in [5, 5.41) is 10.6. The Labute approximate surface area is 91.8 Å². The van der Waals surface area contributed by atoms with E-state index in [4.69, 9.17) is 4.74 Å². The van der Waals surface area contributed by atoms with E-state index < -0.39 is 11.0 Å². The third kappa shape index (κ3) is 1.89.